The number of amides is 1. The Morgan fingerprint density at radius 2 is 1.73 bits per heavy atom. The Bertz CT molecular complexity index is 847. The fourth-order valence-corrected chi connectivity index (χ4v) is 2.71. The highest BCUT2D eigenvalue weighted by Crippen LogP contribution is 2.18. The van der Waals surface area contributed by atoms with E-state index in [1.54, 1.807) is 18.3 Å². The molecule has 1 heterocycles. The van der Waals surface area contributed by atoms with Crippen molar-refractivity contribution in [1.29, 1.82) is 0 Å². The molecule has 3 N–H and O–H groups in total. The minimum atomic E-state index is -0.433. The third kappa shape index (κ3) is 4.89. The number of aryl methyl sites for hydroxylation is 1. The number of rotatable bonds is 8. The molecule has 0 atom stereocenters. The van der Waals surface area contributed by atoms with E-state index in [0.717, 1.165) is 37.1 Å². The molecular weight excluding hydrogens is 324 g/mol. The predicted molar refractivity (Wildman–Crippen MR) is 104 cm³/mol. The van der Waals surface area contributed by atoms with Crippen LogP contribution < -0.4 is 11.1 Å². The number of hydrogen-bond acceptors (Lipinski definition) is 4. The van der Waals surface area contributed by atoms with Gasteiger partial charge in [-0.3, -0.25) is 4.79 Å². The van der Waals surface area contributed by atoms with Gasteiger partial charge in [-0.1, -0.05) is 42.5 Å². The van der Waals surface area contributed by atoms with Gasteiger partial charge in [-0.2, -0.15) is 0 Å². The number of benzene rings is 2. The van der Waals surface area contributed by atoms with Crippen LogP contribution in [0.2, 0.25) is 0 Å². The van der Waals surface area contributed by atoms with Gasteiger partial charge in [0.15, 0.2) is 0 Å². The number of aromatic nitrogens is 2. The molecule has 1 aromatic heterocycles. The zero-order chi connectivity index (χ0) is 18.2. The van der Waals surface area contributed by atoms with Gasteiger partial charge >= 0.3 is 0 Å². The van der Waals surface area contributed by atoms with Crippen molar-refractivity contribution in [2.45, 2.75) is 19.3 Å². The standard InChI is InChI=1S/C21H22N4O/c22-20(26)18-11-9-17(10-12-18)19-13-15-24-21(25-19)23-14-5-4-8-16-6-2-1-3-7-16/h1-3,6-7,9-13,15H,4-5,8,14H2,(H2,22,26)(H,23,24,25). The zero-order valence-corrected chi connectivity index (χ0v) is 14.6. The summed E-state index contributed by atoms with van der Waals surface area (Å²) in [6.45, 7) is 0.830. The molecule has 0 aliphatic heterocycles. The summed E-state index contributed by atoms with van der Waals surface area (Å²) in [5.41, 5.74) is 8.85. The first-order valence-corrected chi connectivity index (χ1v) is 8.73. The lowest BCUT2D eigenvalue weighted by atomic mass is 10.1. The van der Waals surface area contributed by atoms with Crippen LogP contribution in [-0.4, -0.2) is 22.4 Å². The molecule has 2 aromatic carbocycles. The lowest BCUT2D eigenvalue weighted by Gasteiger charge is -2.07. The second-order valence-electron chi connectivity index (χ2n) is 6.08. The number of anilines is 1. The van der Waals surface area contributed by atoms with E-state index in [-0.39, 0.29) is 0 Å². The highest BCUT2D eigenvalue weighted by atomic mass is 16.1. The molecule has 5 nitrogen and oxygen atoms in total. The van der Waals surface area contributed by atoms with Gasteiger partial charge in [-0.05, 0) is 43.0 Å². The third-order valence-electron chi connectivity index (χ3n) is 4.14. The molecule has 1 amide bonds. The number of carbonyl (C=O) groups is 1. The van der Waals surface area contributed by atoms with E-state index in [1.807, 2.05) is 24.3 Å². The largest absolute Gasteiger partial charge is 0.366 e. The van der Waals surface area contributed by atoms with Gasteiger partial charge in [0.1, 0.15) is 0 Å². The molecule has 0 aliphatic rings. The van der Waals surface area contributed by atoms with E-state index in [4.69, 9.17) is 5.73 Å². The Hall–Kier alpha value is -3.21. The van der Waals surface area contributed by atoms with Gasteiger partial charge in [-0.15, -0.1) is 0 Å². The molecule has 0 radical (unpaired) electrons. The molecule has 0 unspecified atom stereocenters. The van der Waals surface area contributed by atoms with Crippen LogP contribution in [0.3, 0.4) is 0 Å². The van der Waals surface area contributed by atoms with Crippen LogP contribution in [0.5, 0.6) is 0 Å². The Labute approximate surface area is 153 Å². The summed E-state index contributed by atoms with van der Waals surface area (Å²) >= 11 is 0. The number of unbranched alkanes of at least 4 members (excludes halogenated alkanes) is 1. The Morgan fingerprint density at radius 3 is 2.46 bits per heavy atom. The molecule has 0 saturated heterocycles. The van der Waals surface area contributed by atoms with Gasteiger partial charge in [0.25, 0.3) is 0 Å². The third-order valence-corrected chi connectivity index (χ3v) is 4.14. The van der Waals surface area contributed by atoms with E-state index in [9.17, 15) is 4.79 Å². The first kappa shape index (κ1) is 17.6. The average molecular weight is 346 g/mol. The summed E-state index contributed by atoms with van der Waals surface area (Å²) in [5, 5.41) is 3.27. The molecule has 0 spiro atoms. The second kappa shape index (κ2) is 8.76. The van der Waals surface area contributed by atoms with Crippen LogP contribution >= 0.6 is 0 Å². The van der Waals surface area contributed by atoms with Crippen LogP contribution in [0.1, 0.15) is 28.8 Å². The quantitative estimate of drug-likeness (QED) is 0.610. The van der Waals surface area contributed by atoms with Crippen molar-refractivity contribution in [3.8, 4) is 11.3 Å². The van der Waals surface area contributed by atoms with E-state index in [1.165, 1.54) is 5.56 Å². The van der Waals surface area contributed by atoms with Gasteiger partial charge in [0.05, 0.1) is 5.69 Å². The topological polar surface area (TPSA) is 80.9 Å². The summed E-state index contributed by atoms with van der Waals surface area (Å²) in [5.74, 6) is 0.179. The van der Waals surface area contributed by atoms with Gasteiger partial charge in [0, 0.05) is 23.9 Å². The van der Waals surface area contributed by atoms with Gasteiger partial charge < -0.3 is 11.1 Å². The summed E-state index contributed by atoms with van der Waals surface area (Å²) in [4.78, 5) is 20.0. The molecule has 0 aliphatic carbocycles. The normalized spacial score (nSPS) is 10.5. The highest BCUT2D eigenvalue weighted by Gasteiger charge is 2.04. The molecule has 132 valence electrons. The maximum Gasteiger partial charge on any atom is 0.248 e. The smallest absolute Gasteiger partial charge is 0.248 e. The molecule has 0 fully saturated rings. The van der Waals surface area contributed by atoms with Gasteiger partial charge in [-0.25, -0.2) is 9.97 Å². The van der Waals surface area contributed by atoms with Crippen LogP contribution in [-0.2, 0) is 6.42 Å². The highest BCUT2D eigenvalue weighted by molar-refractivity contribution is 5.93. The lowest BCUT2D eigenvalue weighted by molar-refractivity contribution is 0.100. The molecule has 3 rings (SSSR count). The molecular formula is C21H22N4O. The summed E-state index contributed by atoms with van der Waals surface area (Å²) in [6.07, 6.45) is 4.98. The van der Waals surface area contributed by atoms with Crippen LogP contribution in [0, 0.1) is 0 Å². The maximum absolute atomic E-state index is 11.2. The molecule has 5 heteroatoms. The van der Waals surface area contributed by atoms with Crippen LogP contribution in [0.15, 0.2) is 66.9 Å². The summed E-state index contributed by atoms with van der Waals surface area (Å²) in [7, 11) is 0. The summed E-state index contributed by atoms with van der Waals surface area (Å²) in [6, 6.07) is 19.4. The minimum absolute atomic E-state index is 0.433. The lowest BCUT2D eigenvalue weighted by Crippen LogP contribution is -2.10. The van der Waals surface area contributed by atoms with Crippen molar-refractivity contribution in [1.82, 2.24) is 9.97 Å². The van der Waals surface area contributed by atoms with Crippen molar-refractivity contribution < 1.29 is 4.79 Å². The number of nitrogens with one attached hydrogen (secondary N) is 1. The van der Waals surface area contributed by atoms with Crippen molar-refractivity contribution >= 4 is 11.9 Å². The Kier molecular flexibility index (Phi) is 5.93. The number of carbonyl (C=O) groups excluding carboxylic acids is 1. The van der Waals surface area contributed by atoms with E-state index >= 15 is 0 Å². The average Bonchev–Trinajstić information content (AvgIpc) is 2.69. The van der Waals surface area contributed by atoms with Crippen molar-refractivity contribution in [2.24, 2.45) is 5.73 Å². The summed E-state index contributed by atoms with van der Waals surface area (Å²) < 4.78 is 0. The van der Waals surface area contributed by atoms with Gasteiger partial charge in [0.2, 0.25) is 11.9 Å². The van der Waals surface area contributed by atoms with E-state index in [0.29, 0.717) is 11.5 Å². The second-order valence-corrected chi connectivity index (χ2v) is 6.08. The van der Waals surface area contributed by atoms with Crippen molar-refractivity contribution in [2.75, 3.05) is 11.9 Å². The van der Waals surface area contributed by atoms with Crippen LogP contribution in [0.4, 0.5) is 5.95 Å². The first-order valence-electron chi connectivity index (χ1n) is 8.73. The maximum atomic E-state index is 11.2. The van der Waals surface area contributed by atoms with Crippen LogP contribution in [0.25, 0.3) is 11.3 Å². The molecule has 3 aromatic rings. The zero-order valence-electron chi connectivity index (χ0n) is 14.6. The minimum Gasteiger partial charge on any atom is -0.366 e. The van der Waals surface area contributed by atoms with Crippen molar-refractivity contribution in [3.63, 3.8) is 0 Å². The van der Waals surface area contributed by atoms with E-state index in [2.05, 4.69) is 39.6 Å². The Balaban J connectivity index is 1.51. The first-order chi connectivity index (χ1) is 12.7. The predicted octanol–water partition coefficient (Wildman–Crippen LogP) is 3.68. The molecule has 0 bridgehead atoms. The number of nitrogens with two attached hydrogens (primary N) is 1. The SMILES string of the molecule is NC(=O)c1ccc(-c2ccnc(NCCCCc3ccccc3)n2)cc1. The fourth-order valence-electron chi connectivity index (χ4n) is 2.71. The fraction of sp³-hybridized carbons (Fsp3) is 0.190. The van der Waals surface area contributed by atoms with Crippen molar-refractivity contribution in [3.05, 3.63) is 78.0 Å². The number of primary amides is 1. The number of hydrogen-bond donors (Lipinski definition) is 2. The van der Waals surface area contributed by atoms with E-state index < -0.39 is 5.91 Å². The molecule has 0 saturated carbocycles. The number of nitrogens with zero attached hydrogens (tertiary/aromatic N) is 2. The monoisotopic (exact) mass is 346 g/mol. The molecule has 26 heavy (non-hydrogen) atoms. The Morgan fingerprint density at radius 1 is 0.962 bits per heavy atom.